The van der Waals surface area contributed by atoms with Crippen molar-refractivity contribution in [3.05, 3.63) is 125 Å². The molecule has 3 nitrogen and oxygen atoms in total. The number of rotatable bonds is 2. The van der Waals surface area contributed by atoms with Crippen LogP contribution in [0.5, 0.6) is 0 Å². The van der Waals surface area contributed by atoms with E-state index in [9.17, 15) is 4.57 Å². The van der Waals surface area contributed by atoms with Gasteiger partial charge in [-0.1, -0.05) is 129 Å². The van der Waals surface area contributed by atoms with Gasteiger partial charge in [0, 0.05) is 21.5 Å². The average Bonchev–Trinajstić information content (AvgIpc) is 2.79. The molecule has 0 heterocycles. The van der Waals surface area contributed by atoms with Crippen molar-refractivity contribution < 1.29 is 4.57 Å². The highest BCUT2D eigenvalue weighted by molar-refractivity contribution is 9.10. The van der Waals surface area contributed by atoms with E-state index in [-0.39, 0.29) is 37.1 Å². The summed E-state index contributed by atoms with van der Waals surface area (Å²) in [6, 6.07) is 36.3. The number of benzene rings is 4. The second kappa shape index (κ2) is 27.8. The Labute approximate surface area is 253 Å². The molecule has 0 amide bonds. The Morgan fingerprint density at radius 1 is 0.658 bits per heavy atom. The average molecular weight is 640 g/mol. The number of nitrogens with one attached hydrogen (secondary N) is 1. The van der Waals surface area contributed by atoms with E-state index in [1.807, 2.05) is 79.7 Å². The van der Waals surface area contributed by atoms with Crippen molar-refractivity contribution in [1.82, 2.24) is 0 Å². The monoisotopic (exact) mass is 638 g/mol. The molecule has 0 spiro atoms. The van der Waals surface area contributed by atoms with Crippen LogP contribution in [0.15, 0.2) is 114 Å². The summed E-state index contributed by atoms with van der Waals surface area (Å²) in [6.45, 7) is 4.13. The van der Waals surface area contributed by atoms with Crippen LogP contribution in [-0.4, -0.2) is 0 Å². The maximum Gasteiger partial charge on any atom is 0.274 e. The van der Waals surface area contributed by atoms with E-state index in [0.29, 0.717) is 0 Å². The predicted molar refractivity (Wildman–Crippen MR) is 188 cm³/mol. The standard InChI is InChI=1S/C13H13N.C7H9N.C6H5Br.5CH4.HOPS2/c1-11-7-9-13(10-8-11)14-12-5-3-2-4-6-12;1-6-2-4-7(8)5-3-6;7-6-4-2-1-3-5-6;;;;;;1-2(3)4/h2-10,14H,1H3;2-5H,8H2,1H3;1-5H;5*1H4;(H,1,3,4). The van der Waals surface area contributed by atoms with Crippen LogP contribution in [-0.2, 0) is 16.8 Å². The fourth-order valence-corrected chi connectivity index (χ4v) is 2.61. The third-order valence-corrected chi connectivity index (χ3v) is 4.45. The van der Waals surface area contributed by atoms with Crippen LogP contribution in [0.1, 0.15) is 48.3 Å². The minimum absolute atomic E-state index is 0. The van der Waals surface area contributed by atoms with Gasteiger partial charge in [0.05, 0.1) is 12.2 Å². The Morgan fingerprint density at radius 2 is 0.974 bits per heavy atom. The van der Waals surface area contributed by atoms with Crippen molar-refractivity contribution in [3.8, 4) is 0 Å². The zero-order chi connectivity index (χ0) is 24.5. The third kappa shape index (κ3) is 25.4. The van der Waals surface area contributed by atoms with E-state index in [4.69, 9.17) is 5.73 Å². The molecule has 4 aromatic rings. The number of hydrogen-bond acceptors (Lipinski definition) is 4. The number of hydrogen-bond donors (Lipinski definition) is 3. The van der Waals surface area contributed by atoms with Crippen LogP contribution in [0.4, 0.5) is 17.1 Å². The van der Waals surface area contributed by atoms with Gasteiger partial charge in [0.25, 0.3) is 6.20 Å². The molecule has 0 saturated heterocycles. The molecule has 3 N–H and O–H groups in total. The Morgan fingerprint density at radius 3 is 1.29 bits per heavy atom. The molecule has 0 aliphatic carbocycles. The van der Waals surface area contributed by atoms with E-state index in [1.165, 1.54) is 11.1 Å². The highest BCUT2D eigenvalue weighted by Crippen LogP contribution is 2.19. The highest BCUT2D eigenvalue weighted by atomic mass is 79.9. The van der Waals surface area contributed by atoms with E-state index in [1.54, 1.807) is 0 Å². The Balaban J connectivity index is -0.000000133. The highest BCUT2D eigenvalue weighted by Gasteiger charge is 1.92. The van der Waals surface area contributed by atoms with E-state index in [0.717, 1.165) is 21.5 Å². The molecule has 0 aliphatic rings. The molecule has 0 bridgehead atoms. The van der Waals surface area contributed by atoms with Crippen molar-refractivity contribution in [2.45, 2.75) is 51.0 Å². The SMILES string of the molecule is Brc1ccccc1.C.C.C.C.C.Cc1ccc(N)cc1.Cc1ccc(Nc2ccccc2)cc1.O=[P+]([S-])S. The van der Waals surface area contributed by atoms with Gasteiger partial charge in [-0.25, -0.2) is 0 Å². The van der Waals surface area contributed by atoms with Gasteiger partial charge in [0.15, 0.2) is 0 Å². The molecule has 0 aliphatic heterocycles. The van der Waals surface area contributed by atoms with Crippen LogP contribution >= 0.6 is 34.4 Å². The van der Waals surface area contributed by atoms with Crippen molar-refractivity contribution >= 4 is 63.7 Å². The Hall–Kier alpha value is -2.24. The lowest BCUT2D eigenvalue weighted by Gasteiger charge is -2.05. The van der Waals surface area contributed by atoms with Crippen LogP contribution in [0.25, 0.3) is 0 Å². The largest absolute Gasteiger partial charge is 0.432 e. The fourth-order valence-electron chi connectivity index (χ4n) is 2.31. The molecule has 0 aromatic heterocycles. The maximum absolute atomic E-state index is 9.27. The summed E-state index contributed by atoms with van der Waals surface area (Å²) in [7, 11) is 0. The van der Waals surface area contributed by atoms with Gasteiger partial charge in [0.2, 0.25) is 0 Å². The van der Waals surface area contributed by atoms with Gasteiger partial charge < -0.3 is 23.3 Å². The van der Waals surface area contributed by atoms with E-state index >= 15 is 0 Å². The third-order valence-electron chi connectivity index (χ3n) is 3.92. The molecule has 7 heteroatoms. The molecule has 212 valence electrons. The summed E-state index contributed by atoms with van der Waals surface area (Å²) >= 11 is 10.6. The number of anilines is 3. The molecule has 38 heavy (non-hydrogen) atoms. The molecular weight excluding hydrogens is 591 g/mol. The fraction of sp³-hybridized carbons (Fsp3) is 0.226. The quantitative estimate of drug-likeness (QED) is 0.0884. The first-order chi connectivity index (χ1) is 15.8. The molecule has 0 radical (unpaired) electrons. The number of thiol groups is 1. The molecule has 1 unspecified atom stereocenters. The van der Waals surface area contributed by atoms with Crippen molar-refractivity contribution in [1.29, 1.82) is 0 Å². The zero-order valence-corrected chi connectivity index (χ0v) is 22.7. The molecule has 0 saturated carbocycles. The van der Waals surface area contributed by atoms with Gasteiger partial charge in [-0.2, -0.15) is 0 Å². The molecule has 4 rings (SSSR count). The van der Waals surface area contributed by atoms with Gasteiger partial charge in [0.1, 0.15) is 0 Å². The van der Waals surface area contributed by atoms with Gasteiger partial charge in [-0.15, -0.1) is 0 Å². The van der Waals surface area contributed by atoms with E-state index < -0.39 is 6.20 Å². The van der Waals surface area contributed by atoms with Crippen LogP contribution in [0, 0.1) is 13.8 Å². The molecule has 4 aromatic carbocycles. The normalized spacial score (nSPS) is 8.29. The van der Waals surface area contributed by atoms with Gasteiger partial charge in [-0.3, -0.25) is 0 Å². The summed E-state index contributed by atoms with van der Waals surface area (Å²) in [5.74, 6) is 0. The number of halogens is 1. The number of aryl methyl sites for hydroxylation is 2. The van der Waals surface area contributed by atoms with E-state index in [2.05, 4.69) is 89.1 Å². The van der Waals surface area contributed by atoms with Gasteiger partial charge >= 0.3 is 0 Å². The minimum atomic E-state index is -1.59. The van der Waals surface area contributed by atoms with Crippen LogP contribution in [0.2, 0.25) is 0 Å². The summed E-state index contributed by atoms with van der Waals surface area (Å²) < 4.78 is 10.4. The second-order valence-electron chi connectivity index (χ2n) is 6.80. The number of para-hydroxylation sites is 1. The first kappa shape index (κ1) is 45.7. The summed E-state index contributed by atoms with van der Waals surface area (Å²) in [5, 5.41) is 3.33. The lowest BCUT2D eigenvalue weighted by molar-refractivity contribution is 0.604. The lowest BCUT2D eigenvalue weighted by atomic mass is 10.2. The Kier molecular flexibility index (Phi) is 33.4. The molecular formula is C31H48BrN2OPS2. The number of nitrogen functional groups attached to an aromatic ring is 1. The van der Waals surface area contributed by atoms with Crippen LogP contribution < -0.4 is 11.1 Å². The number of nitrogens with two attached hydrogens (primary N) is 1. The first-order valence-electron chi connectivity index (χ1n) is 10.0. The van der Waals surface area contributed by atoms with Crippen molar-refractivity contribution in [2.75, 3.05) is 11.1 Å². The van der Waals surface area contributed by atoms with Crippen molar-refractivity contribution in [2.24, 2.45) is 0 Å². The van der Waals surface area contributed by atoms with Crippen LogP contribution in [0.3, 0.4) is 0 Å². The first-order valence-corrected chi connectivity index (χ1v) is 14.2. The second-order valence-corrected chi connectivity index (χ2v) is 11.1. The zero-order valence-electron chi connectivity index (χ0n) is 18.6. The topological polar surface area (TPSA) is 55.1 Å². The Bertz CT molecular complexity index is 1030. The molecule has 1 atom stereocenters. The molecule has 0 fully saturated rings. The predicted octanol–water partition coefficient (Wildman–Crippen LogP) is 12.1. The maximum atomic E-state index is 9.27. The summed E-state index contributed by atoms with van der Waals surface area (Å²) in [5.41, 5.74) is 11.0. The van der Waals surface area contributed by atoms with Crippen molar-refractivity contribution in [3.63, 3.8) is 0 Å². The van der Waals surface area contributed by atoms with Gasteiger partial charge in [-0.05, 0) is 62.4 Å². The minimum Gasteiger partial charge on any atom is -0.432 e. The smallest absolute Gasteiger partial charge is 0.274 e. The summed E-state index contributed by atoms with van der Waals surface area (Å²) in [4.78, 5) is 0. The summed E-state index contributed by atoms with van der Waals surface area (Å²) in [6.07, 6.45) is -1.59. The lowest BCUT2D eigenvalue weighted by Crippen LogP contribution is -1.88.